The molecule has 1 aromatic heterocycles. The number of aromatic nitrogens is 2. The largest absolute Gasteiger partial charge is 0.457 e. The summed E-state index contributed by atoms with van der Waals surface area (Å²) in [4.78, 5) is 36.6. The van der Waals surface area contributed by atoms with Gasteiger partial charge in [0, 0.05) is 19.2 Å². The van der Waals surface area contributed by atoms with E-state index >= 15 is 0 Å². The van der Waals surface area contributed by atoms with E-state index in [9.17, 15) is 14.4 Å². The zero-order chi connectivity index (χ0) is 19.7. The monoisotopic (exact) mass is 382 g/mol. The minimum Gasteiger partial charge on any atom is -0.457 e. The topological polar surface area (TPSA) is 88.8 Å². The zero-order valence-corrected chi connectivity index (χ0v) is 15.2. The van der Waals surface area contributed by atoms with Crippen molar-refractivity contribution in [3.05, 3.63) is 58.5 Å². The highest BCUT2D eigenvalue weighted by Gasteiger charge is 2.18. The van der Waals surface area contributed by atoms with Crippen molar-refractivity contribution in [1.29, 1.82) is 0 Å². The molecule has 2 aromatic carbocycles. The first-order valence-corrected chi connectivity index (χ1v) is 8.77. The number of fused-ring (bicyclic) bond motifs is 2. The van der Waals surface area contributed by atoms with Gasteiger partial charge < -0.3 is 14.2 Å². The molecule has 0 saturated heterocycles. The molecule has 0 bridgehead atoms. The molecule has 8 heteroatoms. The number of esters is 1. The van der Waals surface area contributed by atoms with Gasteiger partial charge in [-0.05, 0) is 30.3 Å². The summed E-state index contributed by atoms with van der Waals surface area (Å²) >= 11 is 0. The number of hydrogen-bond acceptors (Lipinski definition) is 6. The molecule has 0 fully saturated rings. The van der Waals surface area contributed by atoms with Gasteiger partial charge in [0.2, 0.25) is 6.79 Å². The van der Waals surface area contributed by atoms with Crippen molar-refractivity contribution in [3.8, 4) is 11.5 Å². The molecule has 0 atom stereocenters. The fourth-order valence-corrected chi connectivity index (χ4v) is 3.15. The summed E-state index contributed by atoms with van der Waals surface area (Å²) in [5.74, 6) is 0.185. The fourth-order valence-electron chi connectivity index (χ4n) is 3.15. The minimum atomic E-state index is -0.547. The fraction of sp³-hybridized carbons (Fsp3) is 0.250. The Balaban J connectivity index is 1.36. The smallest absolute Gasteiger partial charge is 0.328 e. The lowest BCUT2D eigenvalue weighted by Gasteiger charge is -2.06. The maximum Gasteiger partial charge on any atom is 0.328 e. The Morgan fingerprint density at radius 1 is 1.07 bits per heavy atom. The number of nitrogens with zero attached hydrogens (tertiary/aromatic N) is 2. The van der Waals surface area contributed by atoms with Gasteiger partial charge in [-0.2, -0.15) is 0 Å². The van der Waals surface area contributed by atoms with Crippen LogP contribution < -0.4 is 15.2 Å². The molecule has 0 aliphatic carbocycles. The van der Waals surface area contributed by atoms with E-state index in [0.29, 0.717) is 17.1 Å². The third kappa shape index (κ3) is 3.24. The van der Waals surface area contributed by atoms with Crippen LogP contribution in [0.2, 0.25) is 0 Å². The van der Waals surface area contributed by atoms with E-state index in [1.165, 1.54) is 9.13 Å². The van der Waals surface area contributed by atoms with Crippen LogP contribution in [-0.4, -0.2) is 34.3 Å². The lowest BCUT2D eigenvalue weighted by atomic mass is 10.1. The second-order valence-electron chi connectivity index (χ2n) is 6.38. The number of Topliss-reactive ketones (excluding diaryl/α,β-unsaturated/α-hetero) is 1. The first kappa shape index (κ1) is 17.8. The summed E-state index contributed by atoms with van der Waals surface area (Å²) in [5, 5.41) is 0. The predicted octanol–water partition coefficient (Wildman–Crippen LogP) is 1.88. The average molecular weight is 382 g/mol. The number of carbonyl (C=O) groups is 2. The number of para-hydroxylation sites is 2. The van der Waals surface area contributed by atoms with Gasteiger partial charge in [-0.25, -0.2) is 4.79 Å². The van der Waals surface area contributed by atoms with Crippen molar-refractivity contribution in [1.82, 2.24) is 9.13 Å². The van der Waals surface area contributed by atoms with E-state index in [1.807, 2.05) is 24.3 Å². The zero-order valence-electron chi connectivity index (χ0n) is 15.2. The van der Waals surface area contributed by atoms with E-state index in [0.717, 1.165) is 11.0 Å². The number of ketones is 1. The second-order valence-corrected chi connectivity index (χ2v) is 6.38. The Labute approximate surface area is 159 Å². The Hall–Kier alpha value is -3.55. The van der Waals surface area contributed by atoms with Crippen molar-refractivity contribution in [2.75, 3.05) is 13.4 Å². The lowest BCUT2D eigenvalue weighted by molar-refractivity contribution is -0.142. The summed E-state index contributed by atoms with van der Waals surface area (Å²) in [7, 11) is 1.68. The van der Waals surface area contributed by atoms with Crippen LogP contribution in [0.5, 0.6) is 11.5 Å². The van der Waals surface area contributed by atoms with Gasteiger partial charge in [0.05, 0.1) is 17.5 Å². The van der Waals surface area contributed by atoms with Crippen LogP contribution in [0.1, 0.15) is 16.8 Å². The van der Waals surface area contributed by atoms with E-state index in [1.54, 1.807) is 25.2 Å². The maximum atomic E-state index is 12.3. The van der Waals surface area contributed by atoms with Crippen LogP contribution >= 0.6 is 0 Å². The van der Waals surface area contributed by atoms with Crippen molar-refractivity contribution in [2.45, 2.75) is 13.0 Å². The standard InChI is InChI=1S/C20H18N2O6/c1-21-14-4-2-3-5-15(14)22(20(21)25)9-8-19(24)26-11-16(23)13-6-7-17-18(10-13)28-12-27-17/h2-7,10H,8-9,11-12H2,1H3. The van der Waals surface area contributed by atoms with Crippen LogP contribution in [0.15, 0.2) is 47.3 Å². The highest BCUT2D eigenvalue weighted by molar-refractivity contribution is 5.98. The number of aryl methyl sites for hydroxylation is 2. The van der Waals surface area contributed by atoms with Crippen LogP contribution in [0, 0.1) is 0 Å². The number of benzene rings is 2. The van der Waals surface area contributed by atoms with Gasteiger partial charge in [0.25, 0.3) is 0 Å². The molecule has 0 saturated carbocycles. The predicted molar refractivity (Wildman–Crippen MR) is 99.7 cm³/mol. The molecule has 8 nitrogen and oxygen atoms in total. The van der Waals surface area contributed by atoms with E-state index in [-0.39, 0.29) is 37.8 Å². The van der Waals surface area contributed by atoms with Gasteiger partial charge in [-0.3, -0.25) is 18.7 Å². The summed E-state index contributed by atoms with van der Waals surface area (Å²) in [6.07, 6.45) is -0.0116. The normalized spacial score (nSPS) is 12.3. The van der Waals surface area contributed by atoms with Crippen molar-refractivity contribution in [3.63, 3.8) is 0 Å². The minimum absolute atomic E-state index is 0.0116. The Kier molecular flexibility index (Phi) is 4.60. The number of hydrogen-bond donors (Lipinski definition) is 0. The SMILES string of the molecule is Cn1c(=O)n(CCC(=O)OCC(=O)c2ccc3c(c2)OCO3)c2ccccc21. The molecule has 2 heterocycles. The van der Waals surface area contributed by atoms with Crippen LogP contribution in [0.4, 0.5) is 0 Å². The molecule has 3 aromatic rings. The van der Waals surface area contributed by atoms with Gasteiger partial charge in [0.15, 0.2) is 23.9 Å². The van der Waals surface area contributed by atoms with Crippen LogP contribution in [0.3, 0.4) is 0 Å². The van der Waals surface area contributed by atoms with Gasteiger partial charge in [-0.1, -0.05) is 12.1 Å². The molecular formula is C20H18N2O6. The maximum absolute atomic E-state index is 12.3. The molecule has 144 valence electrons. The quantitative estimate of drug-likeness (QED) is 0.478. The molecule has 28 heavy (non-hydrogen) atoms. The molecule has 0 spiro atoms. The first-order valence-electron chi connectivity index (χ1n) is 8.77. The Morgan fingerprint density at radius 3 is 2.64 bits per heavy atom. The molecule has 0 radical (unpaired) electrons. The Bertz CT molecular complexity index is 1130. The molecule has 0 amide bonds. The summed E-state index contributed by atoms with van der Waals surface area (Å²) in [6.45, 7) is -0.0738. The highest BCUT2D eigenvalue weighted by atomic mass is 16.7. The molecule has 1 aliphatic rings. The van der Waals surface area contributed by atoms with E-state index in [2.05, 4.69) is 0 Å². The molecule has 1 aliphatic heterocycles. The molecule has 4 rings (SSSR count). The van der Waals surface area contributed by atoms with Crippen molar-refractivity contribution >= 4 is 22.8 Å². The molecule has 0 unspecified atom stereocenters. The number of imidazole rings is 1. The Morgan fingerprint density at radius 2 is 1.82 bits per heavy atom. The highest BCUT2D eigenvalue weighted by Crippen LogP contribution is 2.32. The molecular weight excluding hydrogens is 364 g/mol. The molecule has 0 N–H and O–H groups in total. The summed E-state index contributed by atoms with van der Waals surface area (Å²) in [5.41, 5.74) is 1.71. The van der Waals surface area contributed by atoms with Crippen LogP contribution in [-0.2, 0) is 23.1 Å². The van der Waals surface area contributed by atoms with Gasteiger partial charge in [-0.15, -0.1) is 0 Å². The van der Waals surface area contributed by atoms with Gasteiger partial charge in [0.1, 0.15) is 0 Å². The van der Waals surface area contributed by atoms with E-state index in [4.69, 9.17) is 14.2 Å². The van der Waals surface area contributed by atoms with Crippen LogP contribution in [0.25, 0.3) is 11.0 Å². The van der Waals surface area contributed by atoms with Crippen molar-refractivity contribution in [2.24, 2.45) is 7.05 Å². The number of rotatable bonds is 6. The average Bonchev–Trinajstić information content (AvgIpc) is 3.28. The second kappa shape index (κ2) is 7.22. The number of carbonyl (C=O) groups excluding carboxylic acids is 2. The number of ether oxygens (including phenoxy) is 3. The summed E-state index contributed by atoms with van der Waals surface area (Å²) < 4.78 is 18.6. The first-order chi connectivity index (χ1) is 13.5. The van der Waals surface area contributed by atoms with Gasteiger partial charge >= 0.3 is 11.7 Å². The lowest BCUT2D eigenvalue weighted by Crippen LogP contribution is -2.24. The van der Waals surface area contributed by atoms with E-state index < -0.39 is 5.97 Å². The third-order valence-electron chi connectivity index (χ3n) is 4.65. The van der Waals surface area contributed by atoms with Crippen molar-refractivity contribution < 1.29 is 23.8 Å². The third-order valence-corrected chi connectivity index (χ3v) is 4.65. The summed E-state index contributed by atoms with van der Waals surface area (Å²) in [6, 6.07) is 12.2.